The first-order chi connectivity index (χ1) is 10.9. The summed E-state index contributed by atoms with van der Waals surface area (Å²) in [7, 11) is -3.61. The Labute approximate surface area is 145 Å². The second kappa shape index (κ2) is 7.70. The number of rotatable bonds is 6. The van der Waals surface area contributed by atoms with Gasteiger partial charge in [0.1, 0.15) is 11.7 Å². The van der Waals surface area contributed by atoms with Crippen LogP contribution in [-0.2, 0) is 19.4 Å². The summed E-state index contributed by atoms with van der Waals surface area (Å²) in [6.45, 7) is 7.58. The van der Waals surface area contributed by atoms with Crippen molar-refractivity contribution in [3.8, 4) is 0 Å². The van der Waals surface area contributed by atoms with Crippen LogP contribution in [0.2, 0.25) is 0 Å². The minimum Gasteiger partial charge on any atom is -0.379 e. The lowest BCUT2D eigenvalue weighted by Gasteiger charge is -2.32. The molecule has 1 aliphatic heterocycles. The summed E-state index contributed by atoms with van der Waals surface area (Å²) in [5.41, 5.74) is 0.771. The van der Waals surface area contributed by atoms with Crippen molar-refractivity contribution >= 4 is 32.1 Å². The molecule has 0 amide bonds. The minimum absolute atomic E-state index is 0.204. The molecule has 2 rings (SSSR count). The van der Waals surface area contributed by atoms with E-state index in [-0.39, 0.29) is 10.8 Å². The Balaban J connectivity index is 2.37. The Bertz CT molecular complexity index is 683. The molecule has 0 bridgehead atoms. The molecule has 1 aromatic carbocycles. The third-order valence-corrected chi connectivity index (χ3v) is 6.93. The van der Waals surface area contributed by atoms with Crippen LogP contribution in [0.15, 0.2) is 40.2 Å². The standard InChI is InChI=1S/C16H20BrNO4S/c1-3-16(18-6-8-22-9-7-18)23(20,21)15-5-4-13(10-14(15)17)12(2)11-19/h3-5,10-12,16H,1,6-9H2,2H3. The van der Waals surface area contributed by atoms with E-state index >= 15 is 0 Å². The van der Waals surface area contributed by atoms with E-state index in [0.717, 1.165) is 11.8 Å². The molecule has 0 aromatic heterocycles. The molecule has 0 aliphatic carbocycles. The van der Waals surface area contributed by atoms with Crippen molar-refractivity contribution in [2.24, 2.45) is 0 Å². The maximum Gasteiger partial charge on any atom is 0.199 e. The van der Waals surface area contributed by atoms with Gasteiger partial charge in [-0.15, -0.1) is 6.58 Å². The van der Waals surface area contributed by atoms with E-state index < -0.39 is 15.2 Å². The van der Waals surface area contributed by atoms with Crippen molar-refractivity contribution in [3.05, 3.63) is 40.9 Å². The highest BCUT2D eigenvalue weighted by Gasteiger charge is 2.33. The van der Waals surface area contributed by atoms with Crippen LogP contribution >= 0.6 is 15.9 Å². The lowest BCUT2D eigenvalue weighted by molar-refractivity contribution is -0.108. The normalized spacial score (nSPS) is 19.0. The SMILES string of the molecule is C=CC(N1CCOCC1)S(=O)(=O)c1ccc(C(C)C=O)cc1Br. The van der Waals surface area contributed by atoms with Gasteiger partial charge in [-0.25, -0.2) is 8.42 Å². The molecule has 23 heavy (non-hydrogen) atoms. The molecule has 1 aromatic rings. The highest BCUT2D eigenvalue weighted by atomic mass is 79.9. The Morgan fingerprint density at radius 1 is 1.35 bits per heavy atom. The largest absolute Gasteiger partial charge is 0.379 e. The van der Waals surface area contributed by atoms with Crippen LogP contribution in [0.5, 0.6) is 0 Å². The first kappa shape index (κ1) is 18.3. The summed E-state index contributed by atoms with van der Waals surface area (Å²) in [4.78, 5) is 12.9. The third-order valence-electron chi connectivity index (χ3n) is 3.92. The zero-order chi connectivity index (χ0) is 17.0. The van der Waals surface area contributed by atoms with E-state index in [0.29, 0.717) is 30.8 Å². The van der Waals surface area contributed by atoms with Crippen molar-refractivity contribution in [2.75, 3.05) is 26.3 Å². The Morgan fingerprint density at radius 2 is 2.00 bits per heavy atom. The van der Waals surface area contributed by atoms with Crippen LogP contribution in [0.1, 0.15) is 18.4 Å². The Morgan fingerprint density at radius 3 is 2.52 bits per heavy atom. The molecule has 0 N–H and O–H groups in total. The molecule has 1 saturated heterocycles. The van der Waals surface area contributed by atoms with E-state index in [2.05, 4.69) is 22.5 Å². The van der Waals surface area contributed by atoms with Gasteiger partial charge in [0.15, 0.2) is 9.84 Å². The fourth-order valence-corrected chi connectivity index (χ4v) is 5.32. The number of nitrogens with zero attached hydrogens (tertiary/aromatic N) is 1. The van der Waals surface area contributed by atoms with Gasteiger partial charge in [0, 0.05) is 23.5 Å². The second-order valence-corrected chi connectivity index (χ2v) is 8.30. The highest BCUT2D eigenvalue weighted by molar-refractivity contribution is 9.10. The predicted octanol–water partition coefficient (Wildman–Crippen LogP) is 2.37. The molecule has 126 valence electrons. The second-order valence-electron chi connectivity index (χ2n) is 5.43. The molecule has 0 spiro atoms. The molecule has 1 fully saturated rings. The van der Waals surface area contributed by atoms with Gasteiger partial charge in [-0.3, -0.25) is 4.90 Å². The number of ether oxygens (including phenoxy) is 1. The van der Waals surface area contributed by atoms with E-state index in [1.54, 1.807) is 25.1 Å². The van der Waals surface area contributed by atoms with Crippen molar-refractivity contribution in [2.45, 2.75) is 23.1 Å². The monoisotopic (exact) mass is 401 g/mol. The summed E-state index contributed by atoms with van der Waals surface area (Å²) in [6, 6.07) is 4.91. The molecule has 2 unspecified atom stereocenters. The maximum absolute atomic E-state index is 13.0. The Hall–Kier alpha value is -1.02. The van der Waals surface area contributed by atoms with E-state index in [4.69, 9.17) is 4.74 Å². The predicted molar refractivity (Wildman–Crippen MR) is 92.2 cm³/mol. The number of carbonyl (C=O) groups is 1. The summed E-state index contributed by atoms with van der Waals surface area (Å²) in [5, 5.41) is -0.794. The van der Waals surface area contributed by atoms with Gasteiger partial charge < -0.3 is 9.53 Å². The average Bonchev–Trinajstić information content (AvgIpc) is 2.55. The molecular weight excluding hydrogens is 382 g/mol. The fourth-order valence-electron chi connectivity index (χ4n) is 2.54. The van der Waals surface area contributed by atoms with Gasteiger partial charge in [-0.05, 0) is 33.6 Å². The van der Waals surface area contributed by atoms with Crippen molar-refractivity contribution in [3.63, 3.8) is 0 Å². The number of carbonyl (C=O) groups excluding carboxylic acids is 1. The van der Waals surface area contributed by atoms with E-state index in [1.165, 1.54) is 6.08 Å². The van der Waals surface area contributed by atoms with Crippen LogP contribution in [0.4, 0.5) is 0 Å². The number of sulfone groups is 1. The smallest absolute Gasteiger partial charge is 0.199 e. The molecular formula is C16H20BrNO4S. The van der Waals surface area contributed by atoms with Crippen LogP contribution < -0.4 is 0 Å². The van der Waals surface area contributed by atoms with Gasteiger partial charge in [0.25, 0.3) is 0 Å². The van der Waals surface area contributed by atoms with Crippen LogP contribution in [0.3, 0.4) is 0 Å². The molecule has 0 radical (unpaired) electrons. The zero-order valence-corrected chi connectivity index (χ0v) is 15.3. The van der Waals surface area contributed by atoms with Gasteiger partial charge in [0.2, 0.25) is 0 Å². The topological polar surface area (TPSA) is 63.7 Å². The molecule has 0 saturated carbocycles. The van der Waals surface area contributed by atoms with Crippen LogP contribution in [0.25, 0.3) is 0 Å². The first-order valence-electron chi connectivity index (χ1n) is 7.34. The number of halogens is 1. The maximum atomic E-state index is 13.0. The lowest BCUT2D eigenvalue weighted by atomic mass is 10.0. The molecule has 5 nitrogen and oxygen atoms in total. The van der Waals surface area contributed by atoms with Crippen molar-refractivity contribution in [1.29, 1.82) is 0 Å². The lowest BCUT2D eigenvalue weighted by Crippen LogP contribution is -2.46. The van der Waals surface area contributed by atoms with Gasteiger partial charge in [0.05, 0.1) is 18.1 Å². The zero-order valence-electron chi connectivity index (χ0n) is 12.9. The van der Waals surface area contributed by atoms with Crippen molar-refractivity contribution < 1.29 is 17.9 Å². The molecule has 2 atom stereocenters. The van der Waals surface area contributed by atoms with Gasteiger partial charge in [-0.1, -0.05) is 19.1 Å². The van der Waals surface area contributed by atoms with Gasteiger partial charge in [-0.2, -0.15) is 0 Å². The number of benzene rings is 1. The molecule has 7 heteroatoms. The number of aldehydes is 1. The van der Waals surface area contributed by atoms with Gasteiger partial charge >= 0.3 is 0 Å². The number of hydrogen-bond acceptors (Lipinski definition) is 5. The summed E-state index contributed by atoms with van der Waals surface area (Å²) >= 11 is 3.33. The van der Waals surface area contributed by atoms with Crippen LogP contribution in [0, 0.1) is 0 Å². The van der Waals surface area contributed by atoms with Crippen molar-refractivity contribution in [1.82, 2.24) is 4.90 Å². The van der Waals surface area contributed by atoms with Crippen LogP contribution in [-0.4, -0.2) is 51.3 Å². The fraction of sp³-hybridized carbons (Fsp3) is 0.438. The summed E-state index contributed by atoms with van der Waals surface area (Å²) in [5.74, 6) is -0.280. The summed E-state index contributed by atoms with van der Waals surface area (Å²) < 4.78 is 31.7. The van der Waals surface area contributed by atoms with E-state index in [1.807, 2.05) is 4.90 Å². The first-order valence-corrected chi connectivity index (χ1v) is 9.68. The minimum atomic E-state index is -3.61. The number of hydrogen-bond donors (Lipinski definition) is 0. The quantitative estimate of drug-likeness (QED) is 0.540. The molecule has 1 aliphatic rings. The summed E-state index contributed by atoms with van der Waals surface area (Å²) in [6.07, 6.45) is 2.28. The number of morpholine rings is 1. The highest BCUT2D eigenvalue weighted by Crippen LogP contribution is 2.30. The third kappa shape index (κ3) is 3.91. The molecule has 1 heterocycles. The average molecular weight is 402 g/mol. The van der Waals surface area contributed by atoms with E-state index in [9.17, 15) is 13.2 Å². The Kier molecular flexibility index (Phi) is 6.13.